The van der Waals surface area contributed by atoms with E-state index in [1.54, 1.807) is 0 Å². The fourth-order valence-corrected chi connectivity index (χ4v) is 3.93. The molecule has 1 atom stereocenters. The maximum Gasteiger partial charge on any atom is 0.307 e. The highest BCUT2D eigenvalue weighted by molar-refractivity contribution is 5.70. The van der Waals surface area contributed by atoms with Crippen LogP contribution in [-0.2, 0) is 19.1 Å². The first-order valence-corrected chi connectivity index (χ1v) is 12.7. The molecule has 1 rings (SSSR count). The number of unbranched alkanes of at least 4 members (excludes halogenated alkanes) is 9. The van der Waals surface area contributed by atoms with Crippen molar-refractivity contribution in [1.82, 2.24) is 9.80 Å². The summed E-state index contributed by atoms with van der Waals surface area (Å²) in [7, 11) is 3.91. The maximum atomic E-state index is 11.9. The summed E-state index contributed by atoms with van der Waals surface area (Å²) in [5, 5.41) is 0. The van der Waals surface area contributed by atoms with E-state index < -0.39 is 0 Å². The van der Waals surface area contributed by atoms with Gasteiger partial charge < -0.3 is 14.4 Å². The second kappa shape index (κ2) is 18.4. The molecule has 182 valence electrons. The van der Waals surface area contributed by atoms with E-state index in [0.29, 0.717) is 19.4 Å². The molecule has 0 spiro atoms. The second-order valence-electron chi connectivity index (χ2n) is 9.26. The van der Waals surface area contributed by atoms with Crippen molar-refractivity contribution < 1.29 is 19.1 Å². The van der Waals surface area contributed by atoms with Crippen molar-refractivity contribution in [3.63, 3.8) is 0 Å². The molecular formula is C25H48N2O4. The van der Waals surface area contributed by atoms with Gasteiger partial charge >= 0.3 is 11.9 Å². The quantitative estimate of drug-likeness (QED) is 0.212. The van der Waals surface area contributed by atoms with Crippen molar-refractivity contribution in [1.29, 1.82) is 0 Å². The highest BCUT2D eigenvalue weighted by atomic mass is 16.5. The van der Waals surface area contributed by atoms with E-state index in [0.717, 1.165) is 58.3 Å². The third kappa shape index (κ3) is 16.2. The summed E-state index contributed by atoms with van der Waals surface area (Å²) >= 11 is 0. The van der Waals surface area contributed by atoms with Gasteiger partial charge in [0.1, 0.15) is 6.10 Å². The van der Waals surface area contributed by atoms with Gasteiger partial charge in [-0.1, -0.05) is 58.3 Å². The Morgan fingerprint density at radius 3 is 2.23 bits per heavy atom. The van der Waals surface area contributed by atoms with Crippen LogP contribution in [0, 0.1) is 0 Å². The molecule has 0 saturated carbocycles. The van der Waals surface area contributed by atoms with Gasteiger partial charge in [-0.15, -0.1) is 0 Å². The SMILES string of the molecule is CCCCCCCCCCCOC(=O)CCCCN1CCC(OC(=O)CCN(C)C)C1. The normalized spacial score (nSPS) is 16.7. The molecule has 6 nitrogen and oxygen atoms in total. The molecule has 1 unspecified atom stereocenters. The van der Waals surface area contributed by atoms with Crippen LogP contribution < -0.4 is 0 Å². The van der Waals surface area contributed by atoms with Crippen molar-refractivity contribution in [2.24, 2.45) is 0 Å². The number of esters is 2. The summed E-state index contributed by atoms with van der Waals surface area (Å²) in [4.78, 5) is 28.0. The van der Waals surface area contributed by atoms with Gasteiger partial charge in [-0.25, -0.2) is 0 Å². The van der Waals surface area contributed by atoms with Crippen LogP contribution in [0.25, 0.3) is 0 Å². The molecule has 0 aromatic rings. The van der Waals surface area contributed by atoms with Gasteiger partial charge in [0.05, 0.1) is 13.0 Å². The van der Waals surface area contributed by atoms with Crippen molar-refractivity contribution in [2.45, 2.75) is 103 Å². The van der Waals surface area contributed by atoms with Crippen LogP contribution in [0.15, 0.2) is 0 Å². The Labute approximate surface area is 191 Å². The molecule has 6 heteroatoms. The predicted octanol–water partition coefficient (Wildman–Crippen LogP) is 4.80. The fraction of sp³-hybridized carbons (Fsp3) is 0.920. The van der Waals surface area contributed by atoms with E-state index in [1.807, 2.05) is 19.0 Å². The summed E-state index contributed by atoms with van der Waals surface area (Å²) in [6.45, 7) is 6.29. The molecule has 0 aromatic heterocycles. The number of nitrogens with zero attached hydrogens (tertiary/aromatic N) is 2. The molecule has 0 amide bonds. The molecule has 0 aliphatic carbocycles. The van der Waals surface area contributed by atoms with Crippen molar-refractivity contribution in [3.8, 4) is 0 Å². The van der Waals surface area contributed by atoms with Gasteiger partial charge in [0.2, 0.25) is 0 Å². The van der Waals surface area contributed by atoms with E-state index in [4.69, 9.17) is 9.47 Å². The Morgan fingerprint density at radius 1 is 0.871 bits per heavy atom. The topological polar surface area (TPSA) is 59.1 Å². The van der Waals surface area contributed by atoms with Crippen LogP contribution in [-0.4, -0.2) is 74.7 Å². The lowest BCUT2D eigenvalue weighted by molar-refractivity contribution is -0.148. The number of rotatable bonds is 19. The zero-order chi connectivity index (χ0) is 22.7. The lowest BCUT2D eigenvalue weighted by Crippen LogP contribution is -2.27. The monoisotopic (exact) mass is 440 g/mol. The lowest BCUT2D eigenvalue weighted by Gasteiger charge is -2.16. The minimum absolute atomic E-state index is 0.0240. The molecule has 31 heavy (non-hydrogen) atoms. The minimum Gasteiger partial charge on any atom is -0.466 e. The lowest BCUT2D eigenvalue weighted by atomic mass is 10.1. The Kier molecular flexibility index (Phi) is 16.6. The van der Waals surface area contributed by atoms with Crippen LogP contribution in [0.3, 0.4) is 0 Å². The van der Waals surface area contributed by atoms with Gasteiger partial charge in [-0.3, -0.25) is 14.5 Å². The first-order chi connectivity index (χ1) is 15.0. The number of hydrogen-bond donors (Lipinski definition) is 0. The average molecular weight is 441 g/mol. The Bertz CT molecular complexity index is 470. The molecule has 0 radical (unpaired) electrons. The Balaban J connectivity index is 1.90. The Morgan fingerprint density at radius 2 is 1.55 bits per heavy atom. The van der Waals surface area contributed by atoms with Gasteiger partial charge in [-0.2, -0.15) is 0 Å². The molecule has 1 fully saturated rings. The zero-order valence-electron chi connectivity index (χ0n) is 20.5. The fourth-order valence-electron chi connectivity index (χ4n) is 3.93. The molecule has 0 N–H and O–H groups in total. The standard InChI is InChI=1S/C25H48N2O4/c1-4-5-6-7-8-9-10-11-14-21-30-24(28)15-12-13-18-27-20-16-23(22-27)31-25(29)17-19-26(2)3/h23H,4-22H2,1-3H3. The molecule has 1 heterocycles. The van der Waals surface area contributed by atoms with Crippen LogP contribution in [0.1, 0.15) is 96.8 Å². The van der Waals surface area contributed by atoms with Crippen LogP contribution in [0.2, 0.25) is 0 Å². The highest BCUT2D eigenvalue weighted by Gasteiger charge is 2.25. The molecule has 1 aliphatic heterocycles. The largest absolute Gasteiger partial charge is 0.466 e. The first-order valence-electron chi connectivity index (χ1n) is 12.7. The molecule has 1 aliphatic rings. The number of carbonyl (C=O) groups is 2. The molecule has 1 saturated heterocycles. The van der Waals surface area contributed by atoms with E-state index in [1.165, 1.54) is 44.9 Å². The number of hydrogen-bond acceptors (Lipinski definition) is 6. The molecule has 0 aromatic carbocycles. The number of ether oxygens (including phenoxy) is 2. The summed E-state index contributed by atoms with van der Waals surface area (Å²) < 4.78 is 10.9. The molecule has 0 bridgehead atoms. The summed E-state index contributed by atoms with van der Waals surface area (Å²) in [6.07, 6.45) is 15.2. The number of carbonyl (C=O) groups excluding carboxylic acids is 2. The van der Waals surface area contributed by atoms with Crippen molar-refractivity contribution in [3.05, 3.63) is 0 Å². The van der Waals surface area contributed by atoms with Gasteiger partial charge in [0.25, 0.3) is 0 Å². The zero-order valence-corrected chi connectivity index (χ0v) is 20.5. The van der Waals surface area contributed by atoms with Crippen molar-refractivity contribution >= 4 is 11.9 Å². The molecular weight excluding hydrogens is 392 g/mol. The smallest absolute Gasteiger partial charge is 0.307 e. The van der Waals surface area contributed by atoms with E-state index >= 15 is 0 Å². The third-order valence-corrected chi connectivity index (χ3v) is 5.91. The van der Waals surface area contributed by atoms with Crippen LogP contribution >= 0.6 is 0 Å². The summed E-state index contributed by atoms with van der Waals surface area (Å²) in [5.74, 6) is -0.163. The third-order valence-electron chi connectivity index (χ3n) is 5.91. The van der Waals surface area contributed by atoms with Gasteiger partial charge in [0.15, 0.2) is 0 Å². The predicted molar refractivity (Wildman–Crippen MR) is 126 cm³/mol. The minimum atomic E-state index is -0.102. The average Bonchev–Trinajstić information content (AvgIpc) is 3.18. The van der Waals surface area contributed by atoms with Gasteiger partial charge in [0, 0.05) is 26.1 Å². The van der Waals surface area contributed by atoms with E-state index in [2.05, 4.69) is 11.8 Å². The van der Waals surface area contributed by atoms with Gasteiger partial charge in [-0.05, 0) is 46.3 Å². The van der Waals surface area contributed by atoms with Crippen LogP contribution in [0.5, 0.6) is 0 Å². The van der Waals surface area contributed by atoms with E-state index in [-0.39, 0.29) is 18.0 Å². The first kappa shape index (κ1) is 27.9. The summed E-state index contributed by atoms with van der Waals surface area (Å²) in [6, 6.07) is 0. The second-order valence-corrected chi connectivity index (χ2v) is 9.26. The number of likely N-dealkylation sites (tertiary alicyclic amines) is 1. The van der Waals surface area contributed by atoms with E-state index in [9.17, 15) is 9.59 Å². The Hall–Kier alpha value is -1.14. The van der Waals surface area contributed by atoms with Crippen molar-refractivity contribution in [2.75, 3.05) is 46.9 Å². The van der Waals surface area contributed by atoms with Crippen LogP contribution in [0.4, 0.5) is 0 Å². The summed E-state index contributed by atoms with van der Waals surface area (Å²) in [5.41, 5.74) is 0. The highest BCUT2D eigenvalue weighted by Crippen LogP contribution is 2.15. The maximum absolute atomic E-state index is 11.9.